The molecule has 3 aromatic heterocycles. The lowest BCUT2D eigenvalue weighted by molar-refractivity contribution is -0.682. The Morgan fingerprint density at radius 3 is 0.931 bits per heavy atom. The van der Waals surface area contributed by atoms with Crippen molar-refractivity contribution >= 4 is 119 Å². The van der Waals surface area contributed by atoms with Crippen LogP contribution in [-0.2, 0) is 32.5 Å². The molecule has 3 heterocycles. The summed E-state index contributed by atoms with van der Waals surface area (Å²) in [6.07, 6.45) is 10.9. The van der Waals surface area contributed by atoms with Crippen LogP contribution < -0.4 is 86.3 Å². The zero-order chi connectivity index (χ0) is 92.1. The van der Waals surface area contributed by atoms with Gasteiger partial charge in [-0.1, -0.05) is 49.4 Å². The number of fused-ring (bicyclic) bond motifs is 1. The molecule has 47 heteroatoms. The van der Waals surface area contributed by atoms with E-state index in [0.29, 0.717) is 45.2 Å². The van der Waals surface area contributed by atoms with E-state index in [-0.39, 0.29) is 116 Å². The summed E-state index contributed by atoms with van der Waals surface area (Å²) < 4.78 is 5.60. The first-order chi connectivity index (χ1) is 61.4. The number of aromatic nitrogens is 3. The summed E-state index contributed by atoms with van der Waals surface area (Å²) >= 11 is 0. The number of rotatable bonds is 32. The largest absolute Gasteiger partial charge is 1.00 e. The summed E-state index contributed by atoms with van der Waals surface area (Å²) in [5.41, 5.74) is 16.8. The Balaban J connectivity index is 0.000000241. The molecule has 668 valence electrons. The van der Waals surface area contributed by atoms with Crippen molar-refractivity contribution in [2.24, 2.45) is 20.4 Å². The van der Waals surface area contributed by atoms with Crippen LogP contribution >= 0.6 is 0 Å². The van der Waals surface area contributed by atoms with Crippen LogP contribution in [0.4, 0.5) is 85.3 Å². The summed E-state index contributed by atoms with van der Waals surface area (Å²) in [5, 5.41) is 140. The molecule has 0 unspecified atom stereocenters. The van der Waals surface area contributed by atoms with Crippen LogP contribution in [0.2, 0.25) is 0 Å². The molecule has 4 N–H and O–H groups in total. The smallest absolute Gasteiger partial charge is 0.301 e. The van der Waals surface area contributed by atoms with E-state index in [9.17, 15) is 111 Å². The lowest BCUT2D eigenvalue weighted by atomic mass is 10.1. The van der Waals surface area contributed by atoms with Crippen molar-refractivity contribution in [3.8, 4) is 0 Å². The Morgan fingerprint density at radius 1 is 0.290 bits per heavy atom. The first kappa shape index (κ1) is 101. The molecule has 131 heavy (non-hydrogen) atoms. The van der Waals surface area contributed by atoms with Crippen molar-refractivity contribution < 1.29 is 119 Å². The number of nitro groups is 11. The summed E-state index contributed by atoms with van der Waals surface area (Å²) in [6, 6.07) is 68.0. The molecule has 0 aliphatic rings. The zero-order valence-electron chi connectivity index (χ0n) is 68.0. The van der Waals surface area contributed by atoms with Crippen molar-refractivity contribution in [1.82, 2.24) is 0 Å². The fourth-order valence-corrected chi connectivity index (χ4v) is 11.9. The highest BCUT2D eigenvalue weighted by atomic mass is 79.9. The highest BCUT2D eigenvalue weighted by Crippen LogP contribution is 2.33. The maximum atomic E-state index is 11.5. The predicted octanol–water partition coefficient (Wildman–Crippen LogP) is 7.30. The number of aryl methyl sites for hydroxylation is 1. The van der Waals surface area contributed by atoms with Gasteiger partial charge in [-0.25, -0.2) is 0 Å². The highest BCUT2D eigenvalue weighted by molar-refractivity contribution is 6.02. The van der Waals surface area contributed by atoms with Gasteiger partial charge in [0.25, 0.3) is 45.5 Å². The van der Waals surface area contributed by atoms with E-state index in [0.717, 1.165) is 76.8 Å². The van der Waals surface area contributed by atoms with E-state index in [1.54, 1.807) is 31.2 Å². The number of benzene rings is 10. The molecule has 13 aromatic rings. The van der Waals surface area contributed by atoms with E-state index in [2.05, 4.69) is 42.1 Å². The molecule has 10 aromatic carbocycles. The quantitative estimate of drug-likeness (QED) is 0.0139. The Bertz CT molecular complexity index is 6490. The first-order valence-corrected chi connectivity index (χ1v) is 37.6. The number of halogens is 3. The van der Waals surface area contributed by atoms with Crippen LogP contribution in [0.3, 0.4) is 0 Å². The molecule has 0 saturated carbocycles. The number of hydrazone groups is 4. The third kappa shape index (κ3) is 28.8. The number of non-ortho nitro benzene ring substituents is 8. The minimum Gasteiger partial charge on any atom is -1.00 e. The zero-order valence-corrected chi connectivity index (χ0v) is 72.7. The maximum Gasteiger partial charge on any atom is 0.301 e. The van der Waals surface area contributed by atoms with E-state index in [4.69, 9.17) is 0 Å². The van der Waals surface area contributed by atoms with Gasteiger partial charge in [-0.2, -0.15) is 34.1 Å². The number of para-hydroxylation sites is 1. The number of nitro benzene ring substituents is 11. The van der Waals surface area contributed by atoms with Gasteiger partial charge in [-0.05, 0) is 133 Å². The lowest BCUT2D eigenvalue weighted by Gasteiger charge is -2.08. The van der Waals surface area contributed by atoms with Crippen LogP contribution in [0.5, 0.6) is 0 Å². The predicted molar refractivity (Wildman–Crippen MR) is 467 cm³/mol. The van der Waals surface area contributed by atoms with Gasteiger partial charge in [0.05, 0.1) is 83.8 Å². The van der Waals surface area contributed by atoms with Crippen molar-refractivity contribution in [2.45, 2.75) is 46.3 Å². The fourth-order valence-electron chi connectivity index (χ4n) is 11.9. The van der Waals surface area contributed by atoms with Gasteiger partial charge in [-0.15, -0.1) is 0 Å². The van der Waals surface area contributed by atoms with Crippen molar-refractivity contribution in [1.29, 1.82) is 0 Å². The normalized spacial score (nSPS) is 10.9. The lowest BCUT2D eigenvalue weighted by Crippen LogP contribution is -3.00. The SMILES string of the molecule is C/C(=N\Nc1ccc([N+](=O)[O-])cc1)c1ccc([N+](=O)[O-])cc1.CCc1cc[n+](C/C(=N\Nc2ccc([N+](=O)[O-])cc2[N+](=O)[O-])c2ccc([N+](=O)[O-])cc2)cc1.O=[N+]([O-])c1ccc(/C(C[n+]2ccc(Cc3ccccc3)cc2)=N/Nc2ccc([N+](=O)[O-])cc2[N+](=O)[O-])cc1.O=[N+]([O-])c1ccc(/C(C[n+]2cccc3ccccc32)=N/Nc2ccc([N+](=O)[O-])cc2[N+](=O)[O-])cc1.[Br-].[Br-].[Br-]. The van der Waals surface area contributed by atoms with E-state index < -0.39 is 88.3 Å². The standard InChI is InChI=1S/C26H21N6O6.C23H17N6O6.C21H19N6O6.C14H12N4O4.3BrH/c33-30(34)22-8-6-21(7-9-22)25(28-27-24-11-10-23(31(35)36)17-26(24)32(37)38)18-29-14-12-20(13-15-29)16-19-4-2-1-3-5-19;30-27(31)18-9-7-16(8-10-18)21(15-26-13-3-5-17-4-1-2-6-22(17)26)25-24-20-12-11-19(28(32)33)14-23(20)29(34)35;1-2-15-9-11-24(12-10-15)14-20(16-3-5-17(6-4-16)25(28)29)23-22-19-8-7-18(26(30)31)13-21(19)27(32)33;1-10(11-2-6-13(7-3-11)17(19)20)15-16-12-4-8-14(9-5-12)18(21)22;;;/h1-15,17,27H,16,18H2;1-14,24H,15H2;3-13,22H,2,14H2,1H3;2-9,16H,1H3;3*1H/q3*+1;;;;/p-3/b28-25+;25-21+;23-20+;15-10+;;;. The number of hydrogen-bond donors (Lipinski definition) is 4. The number of nitrogens with one attached hydrogen (secondary N) is 4. The average Bonchev–Trinajstić information content (AvgIpc) is 0.816. The van der Waals surface area contributed by atoms with E-state index in [1.165, 1.54) is 121 Å². The molecular weight excluding hydrogens is 1910 g/mol. The molecule has 0 bridgehead atoms. The molecule has 0 saturated heterocycles. The molecule has 0 spiro atoms. The molecule has 13 rings (SSSR count). The van der Waals surface area contributed by atoms with Crippen molar-refractivity contribution in [3.63, 3.8) is 0 Å². The highest BCUT2D eigenvalue weighted by Gasteiger charge is 2.26. The van der Waals surface area contributed by atoms with Gasteiger partial charge in [-0.3, -0.25) is 133 Å². The van der Waals surface area contributed by atoms with Crippen LogP contribution in [-0.4, -0.2) is 77.0 Å². The van der Waals surface area contributed by atoms with E-state index in [1.807, 2.05) is 143 Å². The molecule has 0 fully saturated rings. The van der Waals surface area contributed by atoms with Crippen LogP contribution in [0.15, 0.2) is 318 Å². The summed E-state index contributed by atoms with van der Waals surface area (Å²) in [4.78, 5) is 115. The van der Waals surface area contributed by atoms with Crippen LogP contribution in [0.25, 0.3) is 10.9 Å². The second-order valence-corrected chi connectivity index (χ2v) is 27.0. The minimum atomic E-state index is -0.741. The van der Waals surface area contributed by atoms with Gasteiger partial charge >= 0.3 is 17.1 Å². The number of hydrogen-bond acceptors (Lipinski definition) is 30. The third-order valence-corrected chi connectivity index (χ3v) is 18.6. The second kappa shape index (κ2) is 48.2. The molecule has 0 atom stereocenters. The first-order valence-electron chi connectivity index (χ1n) is 37.6. The monoisotopic (exact) mass is 1970 g/mol. The second-order valence-electron chi connectivity index (χ2n) is 27.0. The molecular formula is C84H69Br3N22O22. The van der Waals surface area contributed by atoms with Gasteiger partial charge in [0, 0.05) is 137 Å². The molecule has 0 aliphatic heterocycles. The number of nitrogens with zero attached hydrogens (tertiary/aromatic N) is 18. The Kier molecular flexibility index (Phi) is 37.1. The average molecular weight is 1980 g/mol. The molecule has 0 amide bonds. The summed E-state index contributed by atoms with van der Waals surface area (Å²) in [7, 11) is 0. The van der Waals surface area contributed by atoms with Crippen molar-refractivity contribution in [2.75, 3.05) is 21.7 Å². The summed E-state index contributed by atoms with van der Waals surface area (Å²) in [5.74, 6) is 0. The minimum absolute atomic E-state index is 0. The molecule has 0 radical (unpaired) electrons. The Morgan fingerprint density at radius 2 is 0.588 bits per heavy atom. The summed E-state index contributed by atoms with van der Waals surface area (Å²) in [6.45, 7) is 4.50. The Hall–Kier alpha value is -17.4. The fraction of sp³-hybridized carbons (Fsp3) is 0.0833. The maximum absolute atomic E-state index is 11.5. The van der Waals surface area contributed by atoms with Gasteiger partial charge in [0.15, 0.2) is 50.6 Å². The topological polar surface area (TPSA) is 584 Å². The van der Waals surface area contributed by atoms with Crippen molar-refractivity contribution in [3.05, 3.63) is 448 Å². The third-order valence-electron chi connectivity index (χ3n) is 18.6. The van der Waals surface area contributed by atoms with Gasteiger partial charge < -0.3 is 50.9 Å². The molecule has 44 nitrogen and oxygen atoms in total. The number of pyridine rings is 3. The van der Waals surface area contributed by atoms with Crippen LogP contribution in [0.1, 0.15) is 52.8 Å². The number of anilines is 4. The van der Waals surface area contributed by atoms with Crippen LogP contribution in [0, 0.1) is 111 Å². The molecule has 0 aliphatic carbocycles. The Labute approximate surface area is 769 Å². The van der Waals surface area contributed by atoms with E-state index >= 15 is 0 Å². The van der Waals surface area contributed by atoms with Gasteiger partial charge in [0.2, 0.25) is 5.52 Å². The van der Waals surface area contributed by atoms with Gasteiger partial charge in [0.1, 0.15) is 34.2 Å².